The fraction of sp³-hybridized carbons (Fsp3) is 0.667. The Hall–Kier alpha value is -1.12. The van der Waals surface area contributed by atoms with Gasteiger partial charge in [-0.2, -0.15) is 0 Å². The van der Waals surface area contributed by atoms with Crippen LogP contribution in [-0.2, 0) is 0 Å². The summed E-state index contributed by atoms with van der Waals surface area (Å²) in [5.41, 5.74) is 1.03. The molecule has 1 saturated carbocycles. The summed E-state index contributed by atoms with van der Waals surface area (Å²) < 4.78 is 0. The molecule has 3 heteroatoms. The van der Waals surface area contributed by atoms with Crippen molar-refractivity contribution in [3.05, 3.63) is 17.6 Å². The fourth-order valence-electron chi connectivity index (χ4n) is 2.08. The molecule has 2 rings (SSSR count). The van der Waals surface area contributed by atoms with Crippen molar-refractivity contribution in [3.63, 3.8) is 0 Å². The molecule has 0 aliphatic heterocycles. The van der Waals surface area contributed by atoms with Crippen LogP contribution in [-0.4, -0.2) is 16.0 Å². The zero-order valence-corrected chi connectivity index (χ0v) is 9.75. The summed E-state index contributed by atoms with van der Waals surface area (Å²) in [7, 11) is 0. The molecule has 1 unspecified atom stereocenters. The van der Waals surface area contributed by atoms with E-state index in [1.54, 1.807) is 0 Å². The first-order valence-corrected chi connectivity index (χ1v) is 5.74. The Kier molecular flexibility index (Phi) is 2.89. The molecule has 0 radical (unpaired) electrons. The average Bonchev–Trinajstić information content (AvgIpc) is 1.96. The van der Waals surface area contributed by atoms with Crippen LogP contribution in [0, 0.1) is 19.8 Å². The van der Waals surface area contributed by atoms with Gasteiger partial charge in [0.2, 0.25) is 0 Å². The first kappa shape index (κ1) is 10.4. The molecule has 3 nitrogen and oxygen atoms in total. The number of aromatic nitrogens is 2. The molecule has 0 bridgehead atoms. The standard InChI is InChI=1S/C12H19N3/c1-8-7-12(15-10(3)13-8)14-9(2)11-5-4-6-11/h7,9,11H,4-6H2,1-3H3,(H,13,14,15). The van der Waals surface area contributed by atoms with Crippen molar-refractivity contribution in [1.82, 2.24) is 9.97 Å². The molecule has 0 spiro atoms. The predicted octanol–water partition coefficient (Wildman–Crippen LogP) is 2.69. The van der Waals surface area contributed by atoms with Gasteiger partial charge >= 0.3 is 0 Å². The fourth-order valence-corrected chi connectivity index (χ4v) is 2.08. The third-order valence-corrected chi connectivity index (χ3v) is 3.20. The minimum absolute atomic E-state index is 0.535. The molecular weight excluding hydrogens is 186 g/mol. The lowest BCUT2D eigenvalue weighted by molar-refractivity contribution is 0.285. The van der Waals surface area contributed by atoms with Gasteiger partial charge in [-0.15, -0.1) is 0 Å². The largest absolute Gasteiger partial charge is 0.367 e. The summed E-state index contributed by atoms with van der Waals surface area (Å²) in [6, 6.07) is 2.55. The highest BCUT2D eigenvalue weighted by Crippen LogP contribution is 2.30. The maximum Gasteiger partial charge on any atom is 0.130 e. The van der Waals surface area contributed by atoms with Gasteiger partial charge in [-0.05, 0) is 39.5 Å². The van der Waals surface area contributed by atoms with Crippen LogP contribution >= 0.6 is 0 Å². The van der Waals surface area contributed by atoms with E-state index in [9.17, 15) is 0 Å². The Balaban J connectivity index is 2.02. The minimum Gasteiger partial charge on any atom is -0.367 e. The lowest BCUT2D eigenvalue weighted by atomic mass is 9.80. The Morgan fingerprint density at radius 1 is 1.33 bits per heavy atom. The van der Waals surface area contributed by atoms with Crippen LogP contribution in [0.1, 0.15) is 37.7 Å². The van der Waals surface area contributed by atoms with Crippen molar-refractivity contribution < 1.29 is 0 Å². The van der Waals surface area contributed by atoms with E-state index in [2.05, 4.69) is 22.2 Å². The SMILES string of the molecule is Cc1cc(NC(C)C2CCC2)nc(C)n1. The molecule has 1 aliphatic rings. The maximum atomic E-state index is 4.39. The lowest BCUT2D eigenvalue weighted by Gasteiger charge is -2.32. The van der Waals surface area contributed by atoms with Gasteiger partial charge in [-0.25, -0.2) is 9.97 Å². The molecule has 1 atom stereocenters. The monoisotopic (exact) mass is 205 g/mol. The molecule has 0 aromatic carbocycles. The van der Waals surface area contributed by atoms with Crippen molar-refractivity contribution >= 4 is 5.82 Å². The lowest BCUT2D eigenvalue weighted by Crippen LogP contribution is -2.31. The van der Waals surface area contributed by atoms with Gasteiger partial charge in [0.05, 0.1) is 0 Å². The second kappa shape index (κ2) is 4.17. The number of rotatable bonds is 3. The zero-order chi connectivity index (χ0) is 10.8. The summed E-state index contributed by atoms with van der Waals surface area (Å²) in [5.74, 6) is 2.65. The number of anilines is 1. The van der Waals surface area contributed by atoms with E-state index in [1.807, 2.05) is 19.9 Å². The molecule has 1 N–H and O–H groups in total. The highest BCUT2D eigenvalue weighted by atomic mass is 15.0. The molecule has 1 fully saturated rings. The van der Waals surface area contributed by atoms with Gasteiger partial charge in [0.1, 0.15) is 11.6 Å². The quantitative estimate of drug-likeness (QED) is 0.824. The van der Waals surface area contributed by atoms with Gasteiger partial charge < -0.3 is 5.32 Å². The highest BCUT2D eigenvalue weighted by molar-refractivity contribution is 5.36. The topological polar surface area (TPSA) is 37.8 Å². The predicted molar refractivity (Wildman–Crippen MR) is 61.9 cm³/mol. The minimum atomic E-state index is 0.535. The zero-order valence-electron chi connectivity index (χ0n) is 9.75. The van der Waals surface area contributed by atoms with Crippen LogP contribution in [0.25, 0.3) is 0 Å². The molecule has 1 aliphatic carbocycles. The molecular formula is C12H19N3. The van der Waals surface area contributed by atoms with Crippen LogP contribution in [0.4, 0.5) is 5.82 Å². The number of nitrogens with zero attached hydrogens (tertiary/aromatic N) is 2. The summed E-state index contributed by atoms with van der Waals surface area (Å²) in [6.07, 6.45) is 4.10. The van der Waals surface area contributed by atoms with Crippen molar-refractivity contribution in [1.29, 1.82) is 0 Å². The molecule has 0 amide bonds. The Bertz CT molecular complexity index is 324. The third-order valence-electron chi connectivity index (χ3n) is 3.20. The van der Waals surface area contributed by atoms with Crippen LogP contribution in [0.5, 0.6) is 0 Å². The Morgan fingerprint density at radius 3 is 2.60 bits per heavy atom. The normalized spacial score (nSPS) is 18.3. The van der Waals surface area contributed by atoms with Gasteiger partial charge in [0.25, 0.3) is 0 Å². The number of aryl methyl sites for hydroxylation is 2. The van der Waals surface area contributed by atoms with Gasteiger partial charge in [-0.1, -0.05) is 6.42 Å². The van der Waals surface area contributed by atoms with Gasteiger partial charge in [0, 0.05) is 17.8 Å². The van der Waals surface area contributed by atoms with Crippen molar-refractivity contribution in [2.75, 3.05) is 5.32 Å². The van der Waals surface area contributed by atoms with Crippen LogP contribution < -0.4 is 5.32 Å². The third kappa shape index (κ3) is 2.46. The Morgan fingerprint density at radius 2 is 2.07 bits per heavy atom. The average molecular weight is 205 g/mol. The van der Waals surface area contributed by atoms with E-state index in [0.717, 1.165) is 23.3 Å². The second-order valence-corrected chi connectivity index (χ2v) is 4.57. The molecule has 0 saturated heterocycles. The van der Waals surface area contributed by atoms with E-state index in [0.29, 0.717) is 6.04 Å². The van der Waals surface area contributed by atoms with Crippen LogP contribution in [0.15, 0.2) is 6.07 Å². The summed E-state index contributed by atoms with van der Waals surface area (Å²) >= 11 is 0. The molecule has 1 aromatic heterocycles. The van der Waals surface area contributed by atoms with Crippen LogP contribution in [0.2, 0.25) is 0 Å². The van der Waals surface area contributed by atoms with E-state index < -0.39 is 0 Å². The second-order valence-electron chi connectivity index (χ2n) is 4.57. The van der Waals surface area contributed by atoms with Gasteiger partial charge in [-0.3, -0.25) is 0 Å². The summed E-state index contributed by atoms with van der Waals surface area (Å²) in [6.45, 7) is 6.19. The number of nitrogens with one attached hydrogen (secondary N) is 1. The Labute approximate surface area is 91.3 Å². The van der Waals surface area contributed by atoms with E-state index in [-0.39, 0.29) is 0 Å². The van der Waals surface area contributed by atoms with E-state index in [4.69, 9.17) is 0 Å². The molecule has 82 valence electrons. The maximum absolute atomic E-state index is 4.39. The van der Waals surface area contributed by atoms with Crippen molar-refractivity contribution in [2.24, 2.45) is 5.92 Å². The van der Waals surface area contributed by atoms with Crippen LogP contribution in [0.3, 0.4) is 0 Å². The van der Waals surface area contributed by atoms with Gasteiger partial charge in [0.15, 0.2) is 0 Å². The van der Waals surface area contributed by atoms with Crippen molar-refractivity contribution in [2.45, 2.75) is 46.1 Å². The first-order chi connectivity index (χ1) is 7.15. The smallest absolute Gasteiger partial charge is 0.130 e. The summed E-state index contributed by atoms with van der Waals surface area (Å²) in [5, 5.41) is 3.47. The highest BCUT2D eigenvalue weighted by Gasteiger charge is 2.23. The molecule has 1 heterocycles. The number of hydrogen-bond acceptors (Lipinski definition) is 3. The number of hydrogen-bond donors (Lipinski definition) is 1. The van der Waals surface area contributed by atoms with Crippen molar-refractivity contribution in [3.8, 4) is 0 Å². The molecule has 1 aromatic rings. The van der Waals surface area contributed by atoms with E-state index >= 15 is 0 Å². The van der Waals surface area contributed by atoms with E-state index in [1.165, 1.54) is 19.3 Å². The molecule has 15 heavy (non-hydrogen) atoms. The first-order valence-electron chi connectivity index (χ1n) is 5.74. The summed E-state index contributed by atoms with van der Waals surface area (Å²) in [4.78, 5) is 8.66.